The number of aromatic nitrogens is 1. The molecule has 15 rings (SSSR count). The van der Waals surface area contributed by atoms with Gasteiger partial charge < -0.3 is 14.2 Å². The molecule has 0 unspecified atom stereocenters. The Morgan fingerprint density at radius 2 is 1.00 bits per heavy atom. The van der Waals surface area contributed by atoms with Crippen LogP contribution in [-0.2, 0) is 5.41 Å². The number of rotatable bonds is 4. The van der Waals surface area contributed by atoms with Crippen molar-refractivity contribution in [1.29, 1.82) is 0 Å². The first-order valence-electron chi connectivity index (χ1n) is 23.0. The monoisotopic (exact) mass is 870 g/mol. The molecule has 2 aromatic heterocycles. The first kappa shape index (κ1) is 36.9. The molecule has 0 radical (unpaired) electrons. The molecule has 0 N–H and O–H groups in total. The van der Waals surface area contributed by atoms with E-state index in [0.29, 0.717) is 0 Å². The molecule has 4 heteroatoms. The number of hydrogen-bond donors (Lipinski definition) is 0. The minimum atomic E-state index is -0.673. The molecule has 2 aliphatic rings. The largest absolute Gasteiger partial charge is 0.457 e. The number of ether oxygens (including phenoxy) is 1. The summed E-state index contributed by atoms with van der Waals surface area (Å²) in [5, 5.41) is 9.93. The van der Waals surface area contributed by atoms with Crippen LogP contribution in [0.15, 0.2) is 231 Å². The molecule has 3 nitrogen and oxygen atoms in total. The first-order valence-corrected chi connectivity index (χ1v) is 23.8. The third kappa shape index (κ3) is 5.00. The van der Waals surface area contributed by atoms with E-state index in [4.69, 9.17) is 4.74 Å². The van der Waals surface area contributed by atoms with Crippen molar-refractivity contribution in [1.82, 2.24) is 4.57 Å². The van der Waals surface area contributed by atoms with Crippen molar-refractivity contribution in [3.63, 3.8) is 0 Å². The predicted molar refractivity (Wildman–Crippen MR) is 281 cm³/mol. The number of para-hydroxylation sites is 3. The highest BCUT2D eigenvalue weighted by Gasteiger charge is 2.49. The van der Waals surface area contributed by atoms with Crippen molar-refractivity contribution >= 4 is 91.9 Å². The van der Waals surface area contributed by atoms with E-state index in [1.165, 1.54) is 85.9 Å². The number of thiophene rings is 1. The average molecular weight is 871 g/mol. The molecule has 0 atom stereocenters. The number of anilines is 3. The van der Waals surface area contributed by atoms with Gasteiger partial charge in [0, 0.05) is 58.8 Å². The lowest BCUT2D eigenvalue weighted by molar-refractivity contribution is 0.435. The Hall–Kier alpha value is -8.44. The Morgan fingerprint density at radius 1 is 0.388 bits per heavy atom. The summed E-state index contributed by atoms with van der Waals surface area (Å²) in [6.07, 6.45) is 0. The number of nitrogens with zero attached hydrogens (tertiary/aromatic N) is 2. The molecule has 0 saturated carbocycles. The van der Waals surface area contributed by atoms with Crippen LogP contribution in [0.5, 0.6) is 11.5 Å². The van der Waals surface area contributed by atoms with Crippen LogP contribution in [0.25, 0.3) is 80.3 Å². The van der Waals surface area contributed by atoms with E-state index in [0.717, 1.165) is 45.2 Å². The Balaban J connectivity index is 1.05. The molecular formula is C63H38N2OS. The van der Waals surface area contributed by atoms with Crippen molar-refractivity contribution in [3.8, 4) is 28.3 Å². The first-order chi connectivity index (χ1) is 33.2. The fourth-order valence-corrected chi connectivity index (χ4v) is 13.1. The summed E-state index contributed by atoms with van der Waals surface area (Å²) in [4.78, 5) is 2.50. The second-order valence-corrected chi connectivity index (χ2v) is 19.0. The molecule has 0 bridgehead atoms. The minimum absolute atomic E-state index is 0.673. The molecule has 0 fully saturated rings. The van der Waals surface area contributed by atoms with Gasteiger partial charge in [0.15, 0.2) is 0 Å². The van der Waals surface area contributed by atoms with E-state index in [1.54, 1.807) is 0 Å². The van der Waals surface area contributed by atoms with Gasteiger partial charge in [0.25, 0.3) is 0 Å². The fraction of sp³-hybridized carbons (Fsp3) is 0.0159. The lowest BCUT2D eigenvalue weighted by Crippen LogP contribution is -2.36. The molecular weight excluding hydrogens is 833 g/mol. The van der Waals surface area contributed by atoms with Crippen molar-refractivity contribution in [2.45, 2.75) is 5.41 Å². The van der Waals surface area contributed by atoms with Crippen molar-refractivity contribution in [2.24, 2.45) is 0 Å². The van der Waals surface area contributed by atoms with Gasteiger partial charge in [-0.15, -0.1) is 11.3 Å². The lowest BCUT2D eigenvalue weighted by atomic mass is 9.58. The Labute approximate surface area is 390 Å². The van der Waals surface area contributed by atoms with E-state index < -0.39 is 5.41 Å². The van der Waals surface area contributed by atoms with E-state index in [9.17, 15) is 0 Å². The summed E-state index contributed by atoms with van der Waals surface area (Å²) in [5.41, 5.74) is 13.4. The van der Waals surface area contributed by atoms with Gasteiger partial charge in [-0.05, 0) is 105 Å². The van der Waals surface area contributed by atoms with Crippen molar-refractivity contribution in [2.75, 3.05) is 4.90 Å². The number of hydrogen-bond acceptors (Lipinski definition) is 3. The molecule has 312 valence electrons. The fourth-order valence-electron chi connectivity index (χ4n) is 11.9. The minimum Gasteiger partial charge on any atom is -0.457 e. The summed E-state index contributed by atoms with van der Waals surface area (Å²) >= 11 is 1.86. The van der Waals surface area contributed by atoms with Gasteiger partial charge in [-0.25, -0.2) is 0 Å². The van der Waals surface area contributed by atoms with Gasteiger partial charge in [0.1, 0.15) is 11.5 Å². The van der Waals surface area contributed by atoms with Gasteiger partial charge in [-0.3, -0.25) is 0 Å². The molecule has 0 saturated heterocycles. The third-order valence-electron chi connectivity index (χ3n) is 14.6. The highest BCUT2D eigenvalue weighted by atomic mass is 32.1. The van der Waals surface area contributed by atoms with Gasteiger partial charge >= 0.3 is 0 Å². The summed E-state index contributed by atoms with van der Waals surface area (Å²) in [5.74, 6) is 1.76. The zero-order chi connectivity index (χ0) is 43.8. The molecule has 67 heavy (non-hydrogen) atoms. The van der Waals surface area contributed by atoms with Crippen LogP contribution in [0.4, 0.5) is 17.1 Å². The molecule has 0 amide bonds. The number of fused-ring (bicyclic) bond motifs is 15. The van der Waals surface area contributed by atoms with Crippen LogP contribution < -0.4 is 9.64 Å². The topological polar surface area (TPSA) is 17.4 Å². The number of benzene rings is 11. The molecule has 13 aromatic rings. The van der Waals surface area contributed by atoms with Crippen molar-refractivity contribution < 1.29 is 4.74 Å². The maximum absolute atomic E-state index is 6.81. The highest BCUT2D eigenvalue weighted by molar-refractivity contribution is 7.25. The second kappa shape index (κ2) is 13.8. The van der Waals surface area contributed by atoms with Gasteiger partial charge in [0.05, 0.1) is 27.8 Å². The molecule has 1 aliphatic carbocycles. The quantitative estimate of drug-likeness (QED) is 0.175. The van der Waals surface area contributed by atoms with Crippen LogP contribution in [0, 0.1) is 0 Å². The Kier molecular flexibility index (Phi) is 7.58. The van der Waals surface area contributed by atoms with Crippen molar-refractivity contribution in [3.05, 3.63) is 253 Å². The summed E-state index contributed by atoms with van der Waals surface area (Å²) in [6, 6.07) is 85.2. The normalized spacial score (nSPS) is 13.3. The van der Waals surface area contributed by atoms with Crippen LogP contribution >= 0.6 is 11.3 Å². The highest BCUT2D eigenvalue weighted by Crippen LogP contribution is 2.62. The zero-order valence-electron chi connectivity index (χ0n) is 36.2. The Morgan fingerprint density at radius 3 is 1.87 bits per heavy atom. The average Bonchev–Trinajstić information content (AvgIpc) is 3.93. The summed E-state index contributed by atoms with van der Waals surface area (Å²) < 4.78 is 11.9. The molecule has 1 spiro atoms. The SMILES string of the molecule is c1ccc2c(c1)Oc1ccccc1C21c2cc(N(c3ccc4c5ccccc5n(-c5cccc6sc7ccccc7c56)c4c3)c3cccc4ccccc34)ccc2-c2cccc3cccc1c23. The molecule has 11 aromatic carbocycles. The van der Waals surface area contributed by atoms with E-state index in [-0.39, 0.29) is 0 Å². The second-order valence-electron chi connectivity index (χ2n) is 17.9. The predicted octanol–water partition coefficient (Wildman–Crippen LogP) is 17.4. The Bertz CT molecular complexity index is 4180. The zero-order valence-corrected chi connectivity index (χ0v) is 37.0. The van der Waals surface area contributed by atoms with Crippen LogP contribution in [0.1, 0.15) is 22.3 Å². The molecule has 1 aliphatic heterocycles. The van der Waals surface area contributed by atoms with E-state index in [2.05, 4.69) is 240 Å². The van der Waals surface area contributed by atoms with Gasteiger partial charge in [0.2, 0.25) is 0 Å². The van der Waals surface area contributed by atoms with Crippen LogP contribution in [0.2, 0.25) is 0 Å². The van der Waals surface area contributed by atoms with Crippen LogP contribution in [0.3, 0.4) is 0 Å². The third-order valence-corrected chi connectivity index (χ3v) is 15.7. The maximum atomic E-state index is 6.81. The van der Waals surface area contributed by atoms with E-state index >= 15 is 0 Å². The van der Waals surface area contributed by atoms with Gasteiger partial charge in [-0.1, -0.05) is 164 Å². The van der Waals surface area contributed by atoms with E-state index in [1.807, 2.05) is 11.3 Å². The summed E-state index contributed by atoms with van der Waals surface area (Å²) in [7, 11) is 0. The smallest absolute Gasteiger partial charge is 0.132 e. The summed E-state index contributed by atoms with van der Waals surface area (Å²) in [6.45, 7) is 0. The maximum Gasteiger partial charge on any atom is 0.132 e. The van der Waals surface area contributed by atoms with Gasteiger partial charge in [-0.2, -0.15) is 0 Å². The van der Waals surface area contributed by atoms with Crippen LogP contribution in [-0.4, -0.2) is 4.57 Å². The molecule has 3 heterocycles. The lowest BCUT2D eigenvalue weighted by Gasteiger charge is -2.45. The standard InChI is InChI=1S/C63H38N2OS/c1-2-19-43-39(15-1)16-13-27-53(43)64(42-34-36-46-45-20-3-7-26-54(45)65(56(46)38-42)55-28-14-32-60-62(55)48-21-4-10-31-59(48)67-60)41-33-35-44-47-22-11-17-40-18-12-25-51(61(40)47)63(52(44)37-41)49-23-5-8-29-57(49)66-58-30-9-6-24-50(58)63/h1-38H.